The molecule has 0 amide bonds. The highest BCUT2D eigenvalue weighted by Crippen LogP contribution is 2.15. The highest BCUT2D eigenvalue weighted by molar-refractivity contribution is 7.89. The summed E-state index contributed by atoms with van der Waals surface area (Å²) in [7, 11) is -1.70. The Hall–Kier alpha value is -1.15. The average Bonchev–Trinajstić information content (AvgIpc) is 2.50. The summed E-state index contributed by atoms with van der Waals surface area (Å²) in [5.41, 5.74) is 0. The summed E-state index contributed by atoms with van der Waals surface area (Å²) in [5, 5.41) is 2.97. The molecule has 0 aliphatic rings. The Morgan fingerprint density at radius 3 is 2.43 bits per heavy atom. The van der Waals surface area contributed by atoms with Crippen molar-refractivity contribution in [2.24, 2.45) is 0 Å². The fourth-order valence-corrected chi connectivity index (χ4v) is 2.63. The first-order chi connectivity index (χ1) is 9.99. The van der Waals surface area contributed by atoms with Crippen LogP contribution in [-0.2, 0) is 14.8 Å². The lowest BCUT2D eigenvalue weighted by Gasteiger charge is -2.12. The number of nitrogens with one attached hydrogen (secondary N) is 2. The quantitative estimate of drug-likeness (QED) is 0.630. The molecular formula is C14H24N2O4S. The Morgan fingerprint density at radius 1 is 1.19 bits per heavy atom. The summed E-state index contributed by atoms with van der Waals surface area (Å²) in [6, 6.07) is 6.41. The van der Waals surface area contributed by atoms with E-state index < -0.39 is 10.0 Å². The normalized spacial score (nSPS) is 13.1. The van der Waals surface area contributed by atoms with Gasteiger partial charge in [0.1, 0.15) is 12.4 Å². The van der Waals surface area contributed by atoms with Crippen molar-refractivity contribution in [1.29, 1.82) is 0 Å². The Bertz CT molecular complexity index is 502. The minimum absolute atomic E-state index is 0.0703. The van der Waals surface area contributed by atoms with Crippen molar-refractivity contribution in [3.05, 3.63) is 24.3 Å². The fourth-order valence-electron chi connectivity index (χ4n) is 1.50. The number of likely N-dealkylation sites (N-methyl/N-ethyl adjacent to an activating group) is 1. The van der Waals surface area contributed by atoms with E-state index in [1.54, 1.807) is 19.2 Å². The predicted octanol–water partition coefficient (Wildman–Crippen LogP) is 0.988. The topological polar surface area (TPSA) is 76.7 Å². The van der Waals surface area contributed by atoms with Crippen LogP contribution in [0.25, 0.3) is 0 Å². The first-order valence-corrected chi connectivity index (χ1v) is 8.45. The van der Waals surface area contributed by atoms with E-state index in [2.05, 4.69) is 10.0 Å². The average molecular weight is 316 g/mol. The molecule has 0 bridgehead atoms. The van der Waals surface area contributed by atoms with Crippen LogP contribution in [0.1, 0.15) is 13.8 Å². The molecule has 0 fully saturated rings. The molecule has 0 saturated heterocycles. The lowest BCUT2D eigenvalue weighted by atomic mass is 10.3. The smallest absolute Gasteiger partial charge is 0.240 e. The van der Waals surface area contributed by atoms with E-state index in [9.17, 15) is 8.42 Å². The van der Waals surface area contributed by atoms with Gasteiger partial charge in [-0.15, -0.1) is 0 Å². The molecular weight excluding hydrogens is 292 g/mol. The molecule has 1 unspecified atom stereocenters. The minimum atomic E-state index is -3.48. The fraction of sp³-hybridized carbons (Fsp3) is 0.571. The van der Waals surface area contributed by atoms with E-state index in [1.807, 2.05) is 13.8 Å². The zero-order valence-electron chi connectivity index (χ0n) is 12.8. The molecule has 0 aromatic heterocycles. The van der Waals surface area contributed by atoms with Gasteiger partial charge in [-0.25, -0.2) is 13.1 Å². The van der Waals surface area contributed by atoms with Crippen LogP contribution in [0, 0.1) is 0 Å². The Kier molecular flexibility index (Phi) is 7.66. The van der Waals surface area contributed by atoms with Crippen LogP contribution in [0.15, 0.2) is 29.2 Å². The molecule has 21 heavy (non-hydrogen) atoms. The van der Waals surface area contributed by atoms with Crippen LogP contribution < -0.4 is 14.8 Å². The summed E-state index contributed by atoms with van der Waals surface area (Å²) in [5.74, 6) is 0.622. The van der Waals surface area contributed by atoms with Crippen LogP contribution in [0.3, 0.4) is 0 Å². The molecule has 0 aliphatic carbocycles. The first kappa shape index (κ1) is 17.9. The van der Waals surface area contributed by atoms with E-state index in [0.29, 0.717) is 32.1 Å². The van der Waals surface area contributed by atoms with Gasteiger partial charge in [-0.05, 0) is 45.2 Å². The summed E-state index contributed by atoms with van der Waals surface area (Å²) in [4.78, 5) is 0.225. The number of rotatable bonds is 10. The number of hydrogen-bond acceptors (Lipinski definition) is 5. The molecule has 0 radical (unpaired) electrons. The Labute approximate surface area is 126 Å². The van der Waals surface area contributed by atoms with Gasteiger partial charge in [-0.2, -0.15) is 0 Å². The summed E-state index contributed by atoms with van der Waals surface area (Å²) in [6.45, 7) is 5.76. The van der Waals surface area contributed by atoms with Crippen molar-refractivity contribution in [3.8, 4) is 5.75 Å². The minimum Gasteiger partial charge on any atom is -0.491 e. The molecule has 6 nitrogen and oxygen atoms in total. The molecule has 7 heteroatoms. The highest BCUT2D eigenvalue weighted by Gasteiger charge is 2.14. The third-order valence-corrected chi connectivity index (χ3v) is 4.35. The van der Waals surface area contributed by atoms with E-state index in [-0.39, 0.29) is 10.9 Å². The molecule has 1 rings (SSSR count). The number of sulfonamides is 1. The number of hydrogen-bond donors (Lipinski definition) is 2. The zero-order chi connectivity index (χ0) is 15.7. The molecule has 0 aliphatic heterocycles. The van der Waals surface area contributed by atoms with Gasteiger partial charge in [-0.1, -0.05) is 0 Å². The molecule has 1 aromatic carbocycles. The van der Waals surface area contributed by atoms with Crippen LogP contribution >= 0.6 is 0 Å². The van der Waals surface area contributed by atoms with Gasteiger partial charge < -0.3 is 14.8 Å². The van der Waals surface area contributed by atoms with E-state index in [1.165, 1.54) is 12.1 Å². The standard InChI is InChI=1S/C14H24N2O4S/c1-4-19-9-10-20-13-5-7-14(8-6-13)21(17,18)16-11-12(2)15-3/h5-8,12,15-16H,4,9-11H2,1-3H3. The molecule has 0 heterocycles. The van der Waals surface area contributed by atoms with Gasteiger partial charge in [0.2, 0.25) is 10.0 Å². The molecule has 120 valence electrons. The van der Waals surface area contributed by atoms with Crippen LogP contribution in [0.5, 0.6) is 5.75 Å². The maximum atomic E-state index is 12.1. The third kappa shape index (κ3) is 6.43. The van der Waals surface area contributed by atoms with E-state index >= 15 is 0 Å². The molecule has 2 N–H and O–H groups in total. The van der Waals surface area contributed by atoms with Crippen molar-refractivity contribution < 1.29 is 17.9 Å². The number of ether oxygens (including phenoxy) is 2. The van der Waals surface area contributed by atoms with Crippen molar-refractivity contribution in [3.63, 3.8) is 0 Å². The predicted molar refractivity (Wildman–Crippen MR) is 82.1 cm³/mol. The lowest BCUT2D eigenvalue weighted by molar-refractivity contribution is 0.110. The van der Waals surface area contributed by atoms with Gasteiger partial charge in [0.25, 0.3) is 0 Å². The van der Waals surface area contributed by atoms with Gasteiger partial charge in [-0.3, -0.25) is 0 Å². The second kappa shape index (κ2) is 8.99. The maximum absolute atomic E-state index is 12.1. The molecule has 0 spiro atoms. The zero-order valence-corrected chi connectivity index (χ0v) is 13.6. The van der Waals surface area contributed by atoms with Gasteiger partial charge >= 0.3 is 0 Å². The van der Waals surface area contributed by atoms with Crippen LogP contribution in [0.4, 0.5) is 0 Å². The van der Waals surface area contributed by atoms with Crippen molar-refractivity contribution >= 4 is 10.0 Å². The highest BCUT2D eigenvalue weighted by atomic mass is 32.2. The molecule has 0 saturated carbocycles. The maximum Gasteiger partial charge on any atom is 0.240 e. The first-order valence-electron chi connectivity index (χ1n) is 6.97. The lowest BCUT2D eigenvalue weighted by Crippen LogP contribution is -2.37. The number of benzene rings is 1. The summed E-state index contributed by atoms with van der Waals surface area (Å²) >= 11 is 0. The van der Waals surface area contributed by atoms with Crippen LogP contribution in [-0.4, -0.2) is 47.9 Å². The van der Waals surface area contributed by atoms with Gasteiger partial charge in [0, 0.05) is 19.2 Å². The van der Waals surface area contributed by atoms with Crippen molar-refractivity contribution in [1.82, 2.24) is 10.0 Å². The van der Waals surface area contributed by atoms with Gasteiger partial charge in [0.15, 0.2) is 0 Å². The second-order valence-electron chi connectivity index (χ2n) is 4.56. The van der Waals surface area contributed by atoms with E-state index in [4.69, 9.17) is 9.47 Å². The Balaban J connectivity index is 2.56. The second-order valence-corrected chi connectivity index (χ2v) is 6.33. The van der Waals surface area contributed by atoms with Crippen molar-refractivity contribution in [2.45, 2.75) is 24.8 Å². The molecule has 1 atom stereocenters. The third-order valence-electron chi connectivity index (χ3n) is 2.91. The molecule has 1 aromatic rings. The Morgan fingerprint density at radius 2 is 1.86 bits per heavy atom. The van der Waals surface area contributed by atoms with E-state index in [0.717, 1.165) is 0 Å². The van der Waals surface area contributed by atoms with Gasteiger partial charge in [0.05, 0.1) is 11.5 Å². The summed E-state index contributed by atoms with van der Waals surface area (Å²) < 4.78 is 37.3. The van der Waals surface area contributed by atoms with Crippen molar-refractivity contribution in [2.75, 3.05) is 33.4 Å². The summed E-state index contributed by atoms with van der Waals surface area (Å²) in [6.07, 6.45) is 0. The van der Waals surface area contributed by atoms with Crippen LogP contribution in [0.2, 0.25) is 0 Å². The monoisotopic (exact) mass is 316 g/mol. The largest absolute Gasteiger partial charge is 0.491 e. The SMILES string of the molecule is CCOCCOc1ccc(S(=O)(=O)NCC(C)NC)cc1.